The first-order valence-electron chi connectivity index (χ1n) is 6.18. The molecule has 0 N–H and O–H groups in total. The van der Waals surface area contributed by atoms with Crippen LogP contribution in [0.2, 0.25) is 0 Å². The molecule has 0 aliphatic heterocycles. The second-order valence-electron chi connectivity index (χ2n) is 5.35. The van der Waals surface area contributed by atoms with Crippen LogP contribution in [0.4, 0.5) is 0 Å². The van der Waals surface area contributed by atoms with Gasteiger partial charge in [-0.3, -0.25) is 4.79 Å². The summed E-state index contributed by atoms with van der Waals surface area (Å²) in [5.41, 5.74) is 0.110. The Morgan fingerprint density at radius 1 is 1.56 bits per heavy atom. The normalized spacial score (nSPS) is 22.8. The number of carbonyl (C=O) groups excluding carboxylic acids is 1. The first-order chi connectivity index (χ1) is 7.53. The van der Waals surface area contributed by atoms with Crippen LogP contribution in [0.15, 0.2) is 0 Å². The lowest BCUT2D eigenvalue weighted by molar-refractivity contribution is -0.137. The fourth-order valence-corrected chi connectivity index (χ4v) is 2.63. The van der Waals surface area contributed by atoms with Crippen LogP contribution < -0.4 is 0 Å². The van der Waals surface area contributed by atoms with Crippen molar-refractivity contribution in [2.24, 2.45) is 11.3 Å². The predicted octanol–water partition coefficient (Wildman–Crippen LogP) is 2.57. The summed E-state index contributed by atoms with van der Waals surface area (Å²) in [6, 6.07) is 2.09. The second-order valence-corrected chi connectivity index (χ2v) is 5.35. The minimum Gasteiger partial charge on any atom is -0.329 e. The molecule has 0 spiro atoms. The highest BCUT2D eigenvalue weighted by atomic mass is 16.2. The number of hydrogen-bond acceptors (Lipinski definition) is 2. The molecular weight excluding hydrogens is 200 g/mol. The summed E-state index contributed by atoms with van der Waals surface area (Å²) in [5, 5.41) is 8.74. The van der Waals surface area contributed by atoms with Crippen LogP contribution in [-0.2, 0) is 4.79 Å². The standard InChI is InChI=1S/C13H22N2O/c1-4-9-15(10-8-14)12(16)11-6-5-7-13(11,2)3/h11H,4-7,9-10H2,1-3H3. The van der Waals surface area contributed by atoms with Crippen LogP contribution in [-0.4, -0.2) is 23.9 Å². The topological polar surface area (TPSA) is 44.1 Å². The number of nitriles is 1. The SMILES string of the molecule is CCCN(CC#N)C(=O)C1CCCC1(C)C. The van der Waals surface area contributed by atoms with Gasteiger partial charge in [-0.05, 0) is 24.7 Å². The van der Waals surface area contributed by atoms with Crippen LogP contribution in [0, 0.1) is 22.7 Å². The van der Waals surface area contributed by atoms with E-state index in [4.69, 9.17) is 5.26 Å². The molecule has 0 aromatic carbocycles. The van der Waals surface area contributed by atoms with Gasteiger partial charge in [0.25, 0.3) is 0 Å². The third kappa shape index (κ3) is 2.75. The molecule has 1 rings (SSSR count). The van der Waals surface area contributed by atoms with Gasteiger partial charge in [-0.2, -0.15) is 5.26 Å². The Morgan fingerprint density at radius 2 is 2.25 bits per heavy atom. The molecule has 0 radical (unpaired) electrons. The van der Waals surface area contributed by atoms with Crippen molar-refractivity contribution in [3.63, 3.8) is 0 Å². The summed E-state index contributed by atoms with van der Waals surface area (Å²) in [6.07, 6.45) is 4.16. The van der Waals surface area contributed by atoms with Crippen molar-refractivity contribution in [2.45, 2.75) is 46.5 Å². The van der Waals surface area contributed by atoms with Gasteiger partial charge in [0.1, 0.15) is 6.54 Å². The van der Waals surface area contributed by atoms with Gasteiger partial charge >= 0.3 is 0 Å². The monoisotopic (exact) mass is 222 g/mol. The van der Waals surface area contributed by atoms with Gasteiger partial charge in [-0.1, -0.05) is 27.2 Å². The Morgan fingerprint density at radius 3 is 2.69 bits per heavy atom. The highest BCUT2D eigenvalue weighted by molar-refractivity contribution is 5.80. The van der Waals surface area contributed by atoms with Gasteiger partial charge in [0.15, 0.2) is 0 Å². The van der Waals surface area contributed by atoms with E-state index >= 15 is 0 Å². The van der Waals surface area contributed by atoms with Crippen molar-refractivity contribution in [1.29, 1.82) is 5.26 Å². The summed E-state index contributed by atoms with van der Waals surface area (Å²) < 4.78 is 0. The summed E-state index contributed by atoms with van der Waals surface area (Å²) in [6.45, 7) is 7.31. The number of nitrogens with zero attached hydrogens (tertiary/aromatic N) is 2. The van der Waals surface area contributed by atoms with Crippen molar-refractivity contribution < 1.29 is 4.79 Å². The lowest BCUT2D eigenvalue weighted by atomic mass is 9.81. The van der Waals surface area contributed by atoms with Crippen molar-refractivity contribution in [1.82, 2.24) is 4.90 Å². The number of amides is 1. The Bertz CT molecular complexity index is 291. The van der Waals surface area contributed by atoms with E-state index in [-0.39, 0.29) is 23.8 Å². The number of carbonyl (C=O) groups is 1. The zero-order chi connectivity index (χ0) is 12.2. The van der Waals surface area contributed by atoms with E-state index in [9.17, 15) is 4.79 Å². The predicted molar refractivity (Wildman–Crippen MR) is 63.6 cm³/mol. The Labute approximate surface area is 98.4 Å². The quantitative estimate of drug-likeness (QED) is 0.686. The summed E-state index contributed by atoms with van der Waals surface area (Å²) in [7, 11) is 0. The molecule has 0 bridgehead atoms. The molecule has 16 heavy (non-hydrogen) atoms. The molecule has 0 aromatic heterocycles. The summed E-state index contributed by atoms with van der Waals surface area (Å²) in [4.78, 5) is 14.0. The zero-order valence-electron chi connectivity index (χ0n) is 10.6. The van der Waals surface area contributed by atoms with E-state index in [1.807, 2.05) is 6.92 Å². The maximum absolute atomic E-state index is 12.3. The second kappa shape index (κ2) is 5.34. The van der Waals surface area contributed by atoms with Crippen LogP contribution in [0.3, 0.4) is 0 Å². The van der Waals surface area contributed by atoms with E-state index in [1.54, 1.807) is 4.90 Å². The first kappa shape index (κ1) is 13.0. The minimum absolute atomic E-state index is 0.110. The van der Waals surface area contributed by atoms with E-state index in [1.165, 1.54) is 0 Å². The van der Waals surface area contributed by atoms with Crippen LogP contribution >= 0.6 is 0 Å². The van der Waals surface area contributed by atoms with Crippen molar-refractivity contribution in [3.05, 3.63) is 0 Å². The number of hydrogen-bond donors (Lipinski definition) is 0. The molecule has 0 saturated heterocycles. The van der Waals surface area contributed by atoms with Gasteiger partial charge in [0.2, 0.25) is 5.91 Å². The first-order valence-corrected chi connectivity index (χ1v) is 6.18. The molecular formula is C13H22N2O. The lowest BCUT2D eigenvalue weighted by Crippen LogP contribution is -2.40. The smallest absolute Gasteiger partial charge is 0.227 e. The van der Waals surface area contributed by atoms with Gasteiger partial charge in [0.05, 0.1) is 6.07 Å². The van der Waals surface area contributed by atoms with Gasteiger partial charge in [-0.15, -0.1) is 0 Å². The molecule has 1 atom stereocenters. The molecule has 90 valence electrons. The molecule has 1 aliphatic carbocycles. The molecule has 1 saturated carbocycles. The third-order valence-corrected chi connectivity index (χ3v) is 3.62. The van der Waals surface area contributed by atoms with Crippen molar-refractivity contribution in [3.8, 4) is 6.07 Å². The Balaban J connectivity index is 2.71. The summed E-state index contributed by atoms with van der Waals surface area (Å²) >= 11 is 0. The Kier molecular flexibility index (Phi) is 4.35. The largest absolute Gasteiger partial charge is 0.329 e. The average molecular weight is 222 g/mol. The van der Waals surface area contributed by atoms with Gasteiger partial charge < -0.3 is 4.90 Å². The van der Waals surface area contributed by atoms with E-state index < -0.39 is 0 Å². The number of rotatable bonds is 4. The highest BCUT2D eigenvalue weighted by Gasteiger charge is 2.40. The van der Waals surface area contributed by atoms with E-state index in [0.717, 1.165) is 25.7 Å². The van der Waals surface area contributed by atoms with E-state index in [0.29, 0.717) is 6.54 Å². The molecule has 1 amide bonds. The molecule has 0 aromatic rings. The summed E-state index contributed by atoms with van der Waals surface area (Å²) in [5.74, 6) is 0.304. The maximum Gasteiger partial charge on any atom is 0.227 e. The highest BCUT2D eigenvalue weighted by Crippen LogP contribution is 2.43. The minimum atomic E-state index is 0.110. The lowest BCUT2D eigenvalue weighted by Gasteiger charge is -2.30. The Hall–Kier alpha value is -1.04. The fraction of sp³-hybridized carbons (Fsp3) is 0.846. The van der Waals surface area contributed by atoms with Crippen molar-refractivity contribution in [2.75, 3.05) is 13.1 Å². The molecule has 3 nitrogen and oxygen atoms in total. The van der Waals surface area contributed by atoms with Crippen LogP contribution in [0.25, 0.3) is 0 Å². The maximum atomic E-state index is 12.3. The average Bonchev–Trinajstić information content (AvgIpc) is 2.57. The van der Waals surface area contributed by atoms with Crippen molar-refractivity contribution >= 4 is 5.91 Å². The van der Waals surface area contributed by atoms with Crippen LogP contribution in [0.5, 0.6) is 0 Å². The molecule has 0 heterocycles. The third-order valence-electron chi connectivity index (χ3n) is 3.62. The van der Waals surface area contributed by atoms with Crippen LogP contribution in [0.1, 0.15) is 46.5 Å². The van der Waals surface area contributed by atoms with E-state index in [2.05, 4.69) is 19.9 Å². The molecule has 1 unspecified atom stereocenters. The molecule has 1 aliphatic rings. The van der Waals surface area contributed by atoms with Gasteiger partial charge in [0, 0.05) is 12.5 Å². The molecule has 1 fully saturated rings. The van der Waals surface area contributed by atoms with Gasteiger partial charge in [-0.25, -0.2) is 0 Å². The zero-order valence-corrected chi connectivity index (χ0v) is 10.6. The fourth-order valence-electron chi connectivity index (χ4n) is 2.63. The molecule has 3 heteroatoms.